The highest BCUT2D eigenvalue weighted by Gasteiger charge is 2.16. The van der Waals surface area contributed by atoms with Gasteiger partial charge >= 0.3 is 0 Å². The maximum Gasteiger partial charge on any atom is 0.194 e. The molecule has 0 fully saturated rings. The van der Waals surface area contributed by atoms with Crippen molar-refractivity contribution in [1.29, 1.82) is 0 Å². The Morgan fingerprint density at radius 2 is 1.58 bits per heavy atom. The van der Waals surface area contributed by atoms with E-state index in [0.717, 1.165) is 0 Å². The van der Waals surface area contributed by atoms with E-state index in [1.807, 2.05) is 18.2 Å². The third-order valence-corrected chi connectivity index (χ3v) is 3.07. The number of benzene rings is 2. The van der Waals surface area contributed by atoms with Crippen molar-refractivity contribution in [3.8, 4) is 11.5 Å². The number of halogens is 1. The van der Waals surface area contributed by atoms with Crippen LogP contribution in [0.25, 0.3) is 0 Å². The van der Waals surface area contributed by atoms with Crippen LogP contribution in [0.15, 0.2) is 42.5 Å². The Labute approximate surface area is 116 Å². The Morgan fingerprint density at radius 3 is 2.16 bits per heavy atom. The summed E-state index contributed by atoms with van der Waals surface area (Å²) in [6.07, 6.45) is 0. The zero-order valence-corrected chi connectivity index (χ0v) is 11.4. The second-order valence-corrected chi connectivity index (χ2v) is 4.29. The maximum atomic E-state index is 12.4. The molecule has 0 aliphatic rings. The van der Waals surface area contributed by atoms with Gasteiger partial charge in [-0.15, -0.1) is 0 Å². The molecule has 2 aromatic carbocycles. The van der Waals surface area contributed by atoms with Gasteiger partial charge in [0.1, 0.15) is 0 Å². The number of rotatable bonds is 4. The molecule has 0 bridgehead atoms. The molecule has 2 aromatic rings. The van der Waals surface area contributed by atoms with Gasteiger partial charge in [-0.2, -0.15) is 0 Å². The molecular weight excluding hydrogens is 264 g/mol. The quantitative estimate of drug-likeness (QED) is 0.801. The molecular formula is C15H13ClO3. The lowest BCUT2D eigenvalue weighted by atomic mass is 10.0. The van der Waals surface area contributed by atoms with E-state index in [1.165, 1.54) is 14.2 Å². The number of hydrogen-bond donors (Lipinski definition) is 0. The standard InChI is InChI=1S/C15H13ClO3/c1-18-13-8-11(12(16)9-14(13)19-2)15(17)10-6-4-3-5-7-10/h3-9H,1-2H3. The molecule has 3 nitrogen and oxygen atoms in total. The first-order valence-electron chi connectivity index (χ1n) is 5.68. The van der Waals surface area contributed by atoms with Gasteiger partial charge in [0.05, 0.1) is 19.2 Å². The number of ketones is 1. The summed E-state index contributed by atoms with van der Waals surface area (Å²) >= 11 is 6.13. The van der Waals surface area contributed by atoms with Crippen LogP contribution in [-0.2, 0) is 0 Å². The zero-order valence-electron chi connectivity index (χ0n) is 10.6. The Hall–Kier alpha value is -2.00. The predicted molar refractivity (Wildman–Crippen MR) is 74.4 cm³/mol. The van der Waals surface area contributed by atoms with Crippen molar-refractivity contribution in [3.05, 3.63) is 58.6 Å². The van der Waals surface area contributed by atoms with Crippen LogP contribution in [-0.4, -0.2) is 20.0 Å². The fraction of sp³-hybridized carbons (Fsp3) is 0.133. The highest BCUT2D eigenvalue weighted by atomic mass is 35.5. The number of methoxy groups -OCH3 is 2. The molecule has 0 radical (unpaired) electrons. The van der Waals surface area contributed by atoms with Crippen molar-refractivity contribution >= 4 is 17.4 Å². The van der Waals surface area contributed by atoms with Crippen molar-refractivity contribution in [2.75, 3.05) is 14.2 Å². The first-order chi connectivity index (χ1) is 9.17. The van der Waals surface area contributed by atoms with Gasteiger partial charge in [-0.1, -0.05) is 41.9 Å². The smallest absolute Gasteiger partial charge is 0.194 e. The van der Waals surface area contributed by atoms with Gasteiger partial charge in [0.2, 0.25) is 0 Å². The zero-order chi connectivity index (χ0) is 13.8. The molecule has 98 valence electrons. The summed E-state index contributed by atoms with van der Waals surface area (Å²) in [7, 11) is 3.04. The third kappa shape index (κ3) is 2.71. The Kier molecular flexibility index (Phi) is 4.07. The first kappa shape index (κ1) is 13.4. The van der Waals surface area contributed by atoms with Crippen molar-refractivity contribution in [2.24, 2.45) is 0 Å². The van der Waals surface area contributed by atoms with Gasteiger partial charge in [0.15, 0.2) is 17.3 Å². The summed E-state index contributed by atoms with van der Waals surface area (Å²) in [5.41, 5.74) is 0.974. The summed E-state index contributed by atoms with van der Waals surface area (Å²) < 4.78 is 10.3. The van der Waals surface area contributed by atoms with Crippen LogP contribution in [0.3, 0.4) is 0 Å². The highest BCUT2D eigenvalue weighted by molar-refractivity contribution is 6.35. The minimum Gasteiger partial charge on any atom is -0.493 e. The molecule has 2 rings (SSSR count). The molecule has 4 heteroatoms. The van der Waals surface area contributed by atoms with Gasteiger partial charge in [-0.05, 0) is 6.07 Å². The normalized spacial score (nSPS) is 10.1. The number of carbonyl (C=O) groups excluding carboxylic acids is 1. The Balaban J connectivity index is 2.48. The average molecular weight is 277 g/mol. The second kappa shape index (κ2) is 5.76. The summed E-state index contributed by atoms with van der Waals surface area (Å²) in [5, 5.41) is 0.339. The van der Waals surface area contributed by atoms with Gasteiger partial charge in [0.25, 0.3) is 0 Å². The summed E-state index contributed by atoms with van der Waals surface area (Å²) in [5.74, 6) is 0.829. The largest absolute Gasteiger partial charge is 0.493 e. The van der Waals surface area contributed by atoms with Crippen LogP contribution in [0.5, 0.6) is 11.5 Å². The molecule has 0 atom stereocenters. The highest BCUT2D eigenvalue weighted by Crippen LogP contribution is 2.34. The second-order valence-electron chi connectivity index (χ2n) is 3.88. The van der Waals surface area contributed by atoms with E-state index >= 15 is 0 Å². The van der Waals surface area contributed by atoms with E-state index in [-0.39, 0.29) is 5.78 Å². The van der Waals surface area contributed by atoms with Crippen molar-refractivity contribution in [1.82, 2.24) is 0 Å². The minimum absolute atomic E-state index is 0.147. The lowest BCUT2D eigenvalue weighted by molar-refractivity contribution is 0.103. The van der Waals surface area contributed by atoms with Gasteiger partial charge < -0.3 is 9.47 Å². The SMILES string of the molecule is COc1cc(Cl)c(C(=O)c2ccccc2)cc1OC. The van der Waals surface area contributed by atoms with Crippen LogP contribution in [0.1, 0.15) is 15.9 Å². The van der Waals surface area contributed by atoms with Crippen LogP contribution >= 0.6 is 11.6 Å². The van der Waals surface area contributed by atoms with E-state index in [0.29, 0.717) is 27.6 Å². The van der Waals surface area contributed by atoms with Crippen LogP contribution in [0.4, 0.5) is 0 Å². The minimum atomic E-state index is -0.147. The molecule has 0 N–H and O–H groups in total. The van der Waals surface area contributed by atoms with Crippen molar-refractivity contribution in [2.45, 2.75) is 0 Å². The van der Waals surface area contributed by atoms with Crippen molar-refractivity contribution in [3.63, 3.8) is 0 Å². The fourth-order valence-corrected chi connectivity index (χ4v) is 2.01. The van der Waals surface area contributed by atoms with Gasteiger partial charge in [0, 0.05) is 17.2 Å². The first-order valence-corrected chi connectivity index (χ1v) is 6.06. The third-order valence-electron chi connectivity index (χ3n) is 2.75. The molecule has 0 spiro atoms. The molecule has 0 amide bonds. The molecule has 0 heterocycles. The number of hydrogen-bond acceptors (Lipinski definition) is 3. The van der Waals surface area contributed by atoms with E-state index in [1.54, 1.807) is 24.3 Å². The van der Waals surface area contributed by atoms with E-state index < -0.39 is 0 Å². The average Bonchev–Trinajstić information content (AvgIpc) is 2.47. The summed E-state index contributed by atoms with van der Waals surface area (Å²) in [4.78, 5) is 12.4. The van der Waals surface area contributed by atoms with E-state index in [4.69, 9.17) is 21.1 Å². The topological polar surface area (TPSA) is 35.5 Å². The fourth-order valence-electron chi connectivity index (χ4n) is 1.77. The number of carbonyl (C=O) groups is 1. The van der Waals surface area contributed by atoms with E-state index in [9.17, 15) is 4.79 Å². The summed E-state index contributed by atoms with van der Waals surface area (Å²) in [6.45, 7) is 0. The maximum absolute atomic E-state index is 12.4. The summed E-state index contributed by atoms with van der Waals surface area (Å²) in [6, 6.07) is 12.1. The lowest BCUT2D eigenvalue weighted by Crippen LogP contribution is -2.03. The molecule has 0 unspecified atom stereocenters. The molecule has 0 aliphatic heterocycles. The van der Waals surface area contributed by atoms with Crippen molar-refractivity contribution < 1.29 is 14.3 Å². The molecule has 0 saturated heterocycles. The van der Waals surface area contributed by atoms with Gasteiger partial charge in [-0.25, -0.2) is 0 Å². The Morgan fingerprint density at radius 1 is 1.00 bits per heavy atom. The monoisotopic (exact) mass is 276 g/mol. The molecule has 0 aromatic heterocycles. The van der Waals surface area contributed by atoms with Crippen LogP contribution < -0.4 is 9.47 Å². The Bertz CT molecular complexity index is 594. The predicted octanol–water partition coefficient (Wildman–Crippen LogP) is 3.59. The van der Waals surface area contributed by atoms with Crippen LogP contribution in [0.2, 0.25) is 5.02 Å². The van der Waals surface area contributed by atoms with E-state index in [2.05, 4.69) is 0 Å². The van der Waals surface area contributed by atoms with Gasteiger partial charge in [-0.3, -0.25) is 4.79 Å². The molecule has 19 heavy (non-hydrogen) atoms. The van der Waals surface area contributed by atoms with Crippen LogP contribution in [0, 0.1) is 0 Å². The number of ether oxygens (including phenoxy) is 2. The molecule has 0 aliphatic carbocycles. The lowest BCUT2D eigenvalue weighted by Gasteiger charge is -2.11. The molecule has 0 saturated carbocycles.